The van der Waals surface area contributed by atoms with Crippen LogP contribution in [0.1, 0.15) is 33.6 Å². The maximum Gasteiger partial charge on any atom is 0.145 e. The molecule has 0 spiro atoms. The van der Waals surface area contributed by atoms with Crippen molar-refractivity contribution < 1.29 is 0 Å². The molecule has 106 valence electrons. The lowest BCUT2D eigenvalue weighted by molar-refractivity contribution is 0.334. The molecule has 1 aromatic rings. The number of piperidine rings is 1. The van der Waals surface area contributed by atoms with Gasteiger partial charge in [-0.2, -0.15) is 0 Å². The summed E-state index contributed by atoms with van der Waals surface area (Å²) in [7, 11) is 0. The summed E-state index contributed by atoms with van der Waals surface area (Å²) in [4.78, 5) is 10.9. The molecule has 0 bridgehead atoms. The van der Waals surface area contributed by atoms with Crippen molar-refractivity contribution in [2.45, 2.75) is 39.2 Å². The van der Waals surface area contributed by atoms with E-state index in [1.165, 1.54) is 12.8 Å². The van der Waals surface area contributed by atoms with Crippen LogP contribution in [0.3, 0.4) is 0 Å². The zero-order chi connectivity index (χ0) is 13.9. The maximum absolute atomic E-state index is 4.43. The first-order valence-electron chi connectivity index (χ1n) is 6.91. The minimum Gasteiger partial charge on any atom is -0.355 e. The van der Waals surface area contributed by atoms with Crippen molar-refractivity contribution >= 4 is 28.4 Å². The number of rotatable bonds is 3. The Bertz CT molecular complexity index is 416. The predicted octanol–water partition coefficient (Wildman–Crippen LogP) is 2.69. The summed E-state index contributed by atoms with van der Waals surface area (Å²) in [6.07, 6.45) is 6.09. The zero-order valence-corrected chi connectivity index (χ0v) is 14.1. The Hall–Kier alpha value is -0.430. The SMILES string of the molecule is CC(C)(C)NCC1CCCN(c2ncncc2I)C1. The van der Waals surface area contributed by atoms with Gasteiger partial charge in [0.1, 0.15) is 12.1 Å². The number of anilines is 1. The number of nitrogens with one attached hydrogen (secondary N) is 1. The van der Waals surface area contributed by atoms with Crippen LogP contribution in [-0.4, -0.2) is 35.1 Å². The summed E-state index contributed by atoms with van der Waals surface area (Å²) < 4.78 is 1.14. The molecule has 2 rings (SSSR count). The third-order valence-electron chi connectivity index (χ3n) is 3.39. The summed E-state index contributed by atoms with van der Waals surface area (Å²) in [5.41, 5.74) is 0.200. The second-order valence-corrected chi connectivity index (χ2v) is 7.44. The van der Waals surface area contributed by atoms with Gasteiger partial charge in [-0.3, -0.25) is 0 Å². The van der Waals surface area contributed by atoms with E-state index in [4.69, 9.17) is 0 Å². The van der Waals surface area contributed by atoms with Crippen LogP contribution in [0.4, 0.5) is 5.82 Å². The molecule has 1 aliphatic rings. The van der Waals surface area contributed by atoms with E-state index < -0.39 is 0 Å². The lowest BCUT2D eigenvalue weighted by Crippen LogP contribution is -2.45. The van der Waals surface area contributed by atoms with E-state index in [2.05, 4.69) is 63.5 Å². The fraction of sp³-hybridized carbons (Fsp3) is 0.714. The van der Waals surface area contributed by atoms with E-state index in [1.807, 2.05) is 6.20 Å². The van der Waals surface area contributed by atoms with Gasteiger partial charge < -0.3 is 10.2 Å². The maximum atomic E-state index is 4.43. The van der Waals surface area contributed by atoms with Gasteiger partial charge in [0.2, 0.25) is 0 Å². The number of hydrogen-bond acceptors (Lipinski definition) is 4. The van der Waals surface area contributed by atoms with Crippen molar-refractivity contribution in [1.29, 1.82) is 0 Å². The summed E-state index contributed by atoms with van der Waals surface area (Å²) in [6.45, 7) is 9.96. The van der Waals surface area contributed by atoms with Crippen molar-refractivity contribution in [3.63, 3.8) is 0 Å². The molecule has 5 heteroatoms. The van der Waals surface area contributed by atoms with Gasteiger partial charge in [0, 0.05) is 31.4 Å². The molecule has 0 aromatic carbocycles. The van der Waals surface area contributed by atoms with Crippen LogP contribution in [0.2, 0.25) is 0 Å². The summed E-state index contributed by atoms with van der Waals surface area (Å²) in [6, 6.07) is 0. The second kappa shape index (κ2) is 6.35. The van der Waals surface area contributed by atoms with Gasteiger partial charge in [0.15, 0.2) is 0 Å². The molecule has 1 aromatic heterocycles. The number of halogens is 1. The molecule has 2 heterocycles. The molecule has 1 atom stereocenters. The summed E-state index contributed by atoms with van der Waals surface area (Å²) in [5, 5.41) is 3.62. The fourth-order valence-corrected chi connectivity index (χ4v) is 3.05. The molecule has 0 amide bonds. The van der Waals surface area contributed by atoms with Crippen LogP contribution in [-0.2, 0) is 0 Å². The van der Waals surface area contributed by atoms with E-state index in [-0.39, 0.29) is 5.54 Å². The van der Waals surface area contributed by atoms with Crippen molar-refractivity contribution in [2.24, 2.45) is 5.92 Å². The first kappa shape index (κ1) is 15.0. The molecule has 1 unspecified atom stereocenters. The second-order valence-electron chi connectivity index (χ2n) is 6.28. The Kier molecular flexibility index (Phi) is 5.00. The summed E-state index contributed by atoms with van der Waals surface area (Å²) >= 11 is 2.32. The highest BCUT2D eigenvalue weighted by Crippen LogP contribution is 2.24. The molecule has 1 fully saturated rings. The van der Waals surface area contributed by atoms with Crippen LogP contribution < -0.4 is 10.2 Å². The Morgan fingerprint density at radius 2 is 2.26 bits per heavy atom. The van der Waals surface area contributed by atoms with Crippen molar-refractivity contribution in [3.05, 3.63) is 16.1 Å². The van der Waals surface area contributed by atoms with Crippen LogP contribution >= 0.6 is 22.6 Å². The molecule has 0 radical (unpaired) electrons. The van der Waals surface area contributed by atoms with Crippen molar-refractivity contribution in [3.8, 4) is 0 Å². The van der Waals surface area contributed by atoms with E-state index in [0.717, 1.165) is 29.0 Å². The number of hydrogen-bond donors (Lipinski definition) is 1. The normalized spacial score (nSPS) is 20.6. The van der Waals surface area contributed by atoms with Crippen LogP contribution in [0, 0.1) is 9.49 Å². The molecule has 0 aliphatic carbocycles. The third-order valence-corrected chi connectivity index (χ3v) is 4.15. The molecular formula is C14H23IN4. The van der Waals surface area contributed by atoms with Crippen LogP contribution in [0.5, 0.6) is 0 Å². The van der Waals surface area contributed by atoms with E-state index in [9.17, 15) is 0 Å². The Balaban J connectivity index is 1.96. The van der Waals surface area contributed by atoms with Gasteiger partial charge in [0.05, 0.1) is 3.57 Å². The predicted molar refractivity (Wildman–Crippen MR) is 87.4 cm³/mol. The zero-order valence-electron chi connectivity index (χ0n) is 12.0. The van der Waals surface area contributed by atoms with Crippen LogP contribution in [0.15, 0.2) is 12.5 Å². The quantitative estimate of drug-likeness (QED) is 0.827. The molecule has 4 nitrogen and oxygen atoms in total. The molecule has 19 heavy (non-hydrogen) atoms. The molecule has 0 saturated carbocycles. The highest BCUT2D eigenvalue weighted by Gasteiger charge is 2.23. The monoisotopic (exact) mass is 374 g/mol. The highest BCUT2D eigenvalue weighted by atomic mass is 127. The molecular weight excluding hydrogens is 351 g/mol. The Labute approximate surface area is 129 Å². The topological polar surface area (TPSA) is 41.0 Å². The van der Waals surface area contributed by atoms with E-state index >= 15 is 0 Å². The van der Waals surface area contributed by atoms with Crippen LogP contribution in [0.25, 0.3) is 0 Å². The van der Waals surface area contributed by atoms with Crippen molar-refractivity contribution in [2.75, 3.05) is 24.5 Å². The standard InChI is InChI=1S/C14H23IN4/c1-14(2,3)18-7-11-5-4-6-19(9-11)13-12(15)8-16-10-17-13/h8,10-11,18H,4-7,9H2,1-3H3. The minimum atomic E-state index is 0.200. The van der Waals surface area contributed by atoms with Gasteiger partial charge in [-0.25, -0.2) is 9.97 Å². The molecule has 1 N–H and O–H groups in total. The van der Waals surface area contributed by atoms with Crippen molar-refractivity contribution in [1.82, 2.24) is 15.3 Å². The smallest absolute Gasteiger partial charge is 0.145 e. The van der Waals surface area contributed by atoms with Gasteiger partial charge >= 0.3 is 0 Å². The largest absolute Gasteiger partial charge is 0.355 e. The molecule has 1 aliphatic heterocycles. The summed E-state index contributed by atoms with van der Waals surface area (Å²) in [5.74, 6) is 1.80. The molecule has 1 saturated heterocycles. The minimum absolute atomic E-state index is 0.200. The average Bonchev–Trinajstić information content (AvgIpc) is 2.36. The fourth-order valence-electron chi connectivity index (χ4n) is 2.41. The average molecular weight is 374 g/mol. The Morgan fingerprint density at radius 3 is 2.95 bits per heavy atom. The first-order valence-corrected chi connectivity index (χ1v) is 7.99. The Morgan fingerprint density at radius 1 is 1.47 bits per heavy atom. The van der Waals surface area contributed by atoms with Gasteiger partial charge in [-0.1, -0.05) is 0 Å². The van der Waals surface area contributed by atoms with E-state index in [0.29, 0.717) is 5.92 Å². The lowest BCUT2D eigenvalue weighted by atomic mass is 9.96. The highest BCUT2D eigenvalue weighted by molar-refractivity contribution is 14.1. The lowest BCUT2D eigenvalue weighted by Gasteiger charge is -2.35. The van der Waals surface area contributed by atoms with Gasteiger partial charge in [0.25, 0.3) is 0 Å². The van der Waals surface area contributed by atoms with Gasteiger partial charge in [-0.05, 0) is 62.1 Å². The van der Waals surface area contributed by atoms with E-state index in [1.54, 1.807) is 6.33 Å². The number of nitrogens with zero attached hydrogens (tertiary/aromatic N) is 3. The number of aromatic nitrogens is 2. The first-order chi connectivity index (χ1) is 8.96. The third kappa shape index (κ3) is 4.56. The van der Waals surface area contributed by atoms with Gasteiger partial charge in [-0.15, -0.1) is 0 Å².